The predicted octanol–water partition coefficient (Wildman–Crippen LogP) is -0.148. The molecule has 0 radical (unpaired) electrons. The fourth-order valence-corrected chi connectivity index (χ4v) is 1.04. The molecule has 0 amide bonds. The molecule has 1 atom stereocenters. The Morgan fingerprint density at radius 3 is 2.93 bits per heavy atom. The molecule has 0 aliphatic carbocycles. The quantitative estimate of drug-likeness (QED) is 0.453. The van der Waals surface area contributed by atoms with E-state index in [0.29, 0.717) is 0 Å². The summed E-state index contributed by atoms with van der Waals surface area (Å²) in [5.41, 5.74) is 5.64. The first-order valence-corrected chi connectivity index (χ1v) is 4.66. The van der Waals surface area contributed by atoms with Gasteiger partial charge in [-0.1, -0.05) is 13.0 Å². The molecule has 14 heavy (non-hydrogen) atoms. The van der Waals surface area contributed by atoms with E-state index in [0.717, 1.165) is 6.54 Å². The molecule has 1 unspecified atom stereocenters. The molecule has 0 fully saturated rings. The summed E-state index contributed by atoms with van der Waals surface area (Å²) in [5, 5.41) is 3.15. The van der Waals surface area contributed by atoms with Crippen molar-refractivity contribution in [2.75, 3.05) is 12.1 Å². The van der Waals surface area contributed by atoms with Gasteiger partial charge in [-0.25, -0.2) is 10.1 Å². The molecular formula is C9H16N4O. The minimum absolute atomic E-state index is 0.0938. The van der Waals surface area contributed by atoms with Crippen LogP contribution < -0.4 is 21.8 Å². The van der Waals surface area contributed by atoms with Gasteiger partial charge in [0.25, 0.3) is 5.56 Å². The van der Waals surface area contributed by atoms with Crippen molar-refractivity contribution in [2.45, 2.75) is 20.0 Å². The van der Waals surface area contributed by atoms with Crippen LogP contribution in [0, 0.1) is 0 Å². The maximum Gasteiger partial charge on any atom is 0.269 e. The first kappa shape index (κ1) is 10.7. The van der Waals surface area contributed by atoms with Crippen molar-refractivity contribution in [1.82, 2.24) is 15.4 Å². The minimum atomic E-state index is -0.0938. The molecule has 5 nitrogen and oxygen atoms in total. The standard InChI is InChI=1S/C9H16N4O/c1-3-10-8(2)11-12-13-7-5-4-6-9(13)14/h4-8,10-12H,3H2,1-2H3. The lowest BCUT2D eigenvalue weighted by atomic mass is 10.5. The molecule has 0 saturated carbocycles. The van der Waals surface area contributed by atoms with E-state index in [9.17, 15) is 4.79 Å². The average molecular weight is 196 g/mol. The number of aromatic nitrogens is 1. The van der Waals surface area contributed by atoms with Crippen molar-refractivity contribution in [2.24, 2.45) is 0 Å². The van der Waals surface area contributed by atoms with E-state index in [1.807, 2.05) is 13.8 Å². The summed E-state index contributed by atoms with van der Waals surface area (Å²) in [4.78, 5) is 11.2. The highest BCUT2D eigenvalue weighted by Gasteiger charge is 1.96. The summed E-state index contributed by atoms with van der Waals surface area (Å²) in [6.07, 6.45) is 1.76. The second-order valence-electron chi connectivity index (χ2n) is 2.94. The third kappa shape index (κ3) is 3.20. The largest absolute Gasteiger partial charge is 0.301 e. The van der Waals surface area contributed by atoms with E-state index in [1.54, 1.807) is 18.3 Å². The summed E-state index contributed by atoms with van der Waals surface area (Å²) in [7, 11) is 0. The molecule has 1 heterocycles. The molecule has 3 N–H and O–H groups in total. The van der Waals surface area contributed by atoms with Crippen LogP contribution in [0.3, 0.4) is 0 Å². The monoisotopic (exact) mass is 196 g/mol. The first-order valence-electron chi connectivity index (χ1n) is 4.66. The lowest BCUT2D eigenvalue weighted by Crippen LogP contribution is -2.48. The number of rotatable bonds is 5. The Balaban J connectivity index is 2.46. The fourth-order valence-electron chi connectivity index (χ4n) is 1.04. The number of hydrogen-bond donors (Lipinski definition) is 3. The summed E-state index contributed by atoms with van der Waals surface area (Å²) in [6, 6.07) is 4.98. The van der Waals surface area contributed by atoms with Gasteiger partial charge in [-0.3, -0.25) is 10.3 Å². The van der Waals surface area contributed by atoms with Gasteiger partial charge in [0, 0.05) is 12.3 Å². The maximum absolute atomic E-state index is 11.2. The number of hydrazine groups is 1. The molecule has 0 spiro atoms. The maximum atomic E-state index is 11.2. The van der Waals surface area contributed by atoms with Crippen LogP contribution in [0.1, 0.15) is 13.8 Å². The van der Waals surface area contributed by atoms with Crippen LogP contribution in [0.4, 0.5) is 0 Å². The van der Waals surface area contributed by atoms with Gasteiger partial charge >= 0.3 is 0 Å². The Kier molecular flexibility index (Phi) is 4.15. The van der Waals surface area contributed by atoms with Crippen LogP contribution in [-0.2, 0) is 0 Å². The molecule has 0 aliphatic rings. The molecule has 1 aromatic rings. The summed E-state index contributed by atoms with van der Waals surface area (Å²) >= 11 is 0. The van der Waals surface area contributed by atoms with Crippen LogP contribution in [0.5, 0.6) is 0 Å². The predicted molar refractivity (Wildman–Crippen MR) is 56.3 cm³/mol. The highest BCUT2D eigenvalue weighted by atomic mass is 16.1. The van der Waals surface area contributed by atoms with Crippen molar-refractivity contribution < 1.29 is 0 Å². The van der Waals surface area contributed by atoms with E-state index >= 15 is 0 Å². The number of nitrogens with one attached hydrogen (secondary N) is 3. The SMILES string of the molecule is CCNC(C)NNn1ccccc1=O. The Labute approximate surface area is 83.1 Å². The second-order valence-corrected chi connectivity index (χ2v) is 2.94. The van der Waals surface area contributed by atoms with Gasteiger partial charge in [0.05, 0.1) is 6.17 Å². The van der Waals surface area contributed by atoms with Gasteiger partial charge < -0.3 is 5.32 Å². The molecule has 5 heteroatoms. The van der Waals surface area contributed by atoms with Gasteiger partial charge in [-0.2, -0.15) is 0 Å². The van der Waals surface area contributed by atoms with E-state index in [-0.39, 0.29) is 11.7 Å². The van der Waals surface area contributed by atoms with Crippen LogP contribution in [0.2, 0.25) is 0 Å². The van der Waals surface area contributed by atoms with Gasteiger partial charge in [0.1, 0.15) is 0 Å². The third-order valence-corrected chi connectivity index (χ3v) is 1.73. The summed E-state index contributed by atoms with van der Waals surface area (Å²) < 4.78 is 1.38. The van der Waals surface area contributed by atoms with Gasteiger partial charge in [0.15, 0.2) is 0 Å². The zero-order chi connectivity index (χ0) is 10.4. The highest BCUT2D eigenvalue weighted by Crippen LogP contribution is 1.76. The smallest absolute Gasteiger partial charge is 0.269 e. The van der Waals surface area contributed by atoms with Crippen LogP contribution in [-0.4, -0.2) is 17.4 Å². The number of hydrogen-bond acceptors (Lipinski definition) is 4. The highest BCUT2D eigenvalue weighted by molar-refractivity contribution is 4.94. The normalized spacial score (nSPS) is 12.4. The first-order chi connectivity index (χ1) is 6.74. The van der Waals surface area contributed by atoms with Crippen LogP contribution >= 0.6 is 0 Å². The average Bonchev–Trinajstić information content (AvgIpc) is 2.17. The lowest BCUT2D eigenvalue weighted by molar-refractivity contribution is 0.469. The fraction of sp³-hybridized carbons (Fsp3) is 0.444. The van der Waals surface area contributed by atoms with Gasteiger partial charge in [0.2, 0.25) is 0 Å². The molecule has 78 valence electrons. The van der Waals surface area contributed by atoms with Crippen molar-refractivity contribution in [3.63, 3.8) is 0 Å². The molecule has 0 aliphatic heterocycles. The minimum Gasteiger partial charge on any atom is -0.301 e. The Morgan fingerprint density at radius 2 is 2.29 bits per heavy atom. The zero-order valence-corrected chi connectivity index (χ0v) is 8.45. The topological polar surface area (TPSA) is 58.1 Å². The molecule has 1 rings (SSSR count). The van der Waals surface area contributed by atoms with Crippen molar-refractivity contribution in [1.29, 1.82) is 0 Å². The van der Waals surface area contributed by atoms with E-state index < -0.39 is 0 Å². The zero-order valence-electron chi connectivity index (χ0n) is 8.45. The van der Waals surface area contributed by atoms with Crippen LogP contribution in [0.15, 0.2) is 29.2 Å². The molecule has 0 bridgehead atoms. The number of pyridine rings is 1. The van der Waals surface area contributed by atoms with Gasteiger partial charge in [-0.15, -0.1) is 0 Å². The summed E-state index contributed by atoms with van der Waals surface area (Å²) in [6.45, 7) is 4.86. The van der Waals surface area contributed by atoms with Gasteiger partial charge in [-0.05, 0) is 19.5 Å². The lowest BCUT2D eigenvalue weighted by Gasteiger charge is -2.16. The molecule has 1 aromatic heterocycles. The molecule has 0 aromatic carbocycles. The van der Waals surface area contributed by atoms with Crippen molar-refractivity contribution >= 4 is 0 Å². The van der Waals surface area contributed by atoms with E-state index in [4.69, 9.17) is 0 Å². The third-order valence-electron chi connectivity index (χ3n) is 1.73. The van der Waals surface area contributed by atoms with Crippen molar-refractivity contribution in [3.05, 3.63) is 34.7 Å². The van der Waals surface area contributed by atoms with Crippen molar-refractivity contribution in [3.8, 4) is 0 Å². The molecule has 0 saturated heterocycles. The Hall–Kier alpha value is -1.33. The van der Waals surface area contributed by atoms with E-state index in [1.165, 1.54) is 10.7 Å². The van der Waals surface area contributed by atoms with E-state index in [2.05, 4.69) is 16.3 Å². The Bertz CT molecular complexity index is 323. The summed E-state index contributed by atoms with van der Waals surface area (Å²) in [5.74, 6) is 0. The second kappa shape index (κ2) is 5.41. The Morgan fingerprint density at radius 1 is 1.50 bits per heavy atom. The number of nitrogens with zero attached hydrogens (tertiary/aromatic N) is 1. The molecular weight excluding hydrogens is 180 g/mol. The van der Waals surface area contributed by atoms with Crippen LogP contribution in [0.25, 0.3) is 0 Å².